The second kappa shape index (κ2) is 7.93. The van der Waals surface area contributed by atoms with Gasteiger partial charge in [-0.25, -0.2) is 0 Å². The predicted molar refractivity (Wildman–Crippen MR) is 146 cm³/mol. The van der Waals surface area contributed by atoms with Gasteiger partial charge in [-0.3, -0.25) is 0 Å². The van der Waals surface area contributed by atoms with Gasteiger partial charge in [0.25, 0.3) is 0 Å². The zero-order valence-electron chi connectivity index (χ0n) is 21.1. The molecule has 34 heavy (non-hydrogen) atoms. The van der Waals surface area contributed by atoms with Gasteiger partial charge in [0.05, 0.1) is 5.56 Å². The summed E-state index contributed by atoms with van der Waals surface area (Å²) in [5.74, 6) is 0. The molecule has 2 heterocycles. The molecule has 5 aromatic rings. The van der Waals surface area contributed by atoms with Gasteiger partial charge in [-0.1, -0.05) is 56.7 Å². The first-order valence-electron chi connectivity index (χ1n) is 11.9. The normalized spacial score (nSPS) is 12.1. The zero-order chi connectivity index (χ0) is 24.4. The van der Waals surface area contributed by atoms with E-state index in [1.54, 1.807) is 11.3 Å². The van der Waals surface area contributed by atoms with Crippen molar-refractivity contribution in [3.8, 4) is 17.3 Å². The number of nitrogens with zero attached hydrogens (tertiary/aromatic N) is 2. The van der Waals surface area contributed by atoms with Crippen molar-refractivity contribution in [3.05, 3.63) is 76.5 Å². The lowest BCUT2D eigenvalue weighted by atomic mass is 9.87. The van der Waals surface area contributed by atoms with E-state index >= 15 is 0 Å². The van der Waals surface area contributed by atoms with Gasteiger partial charge in [-0.2, -0.15) is 9.83 Å². The molecule has 2 nitrogen and oxygen atoms in total. The molecular weight excluding hydrogens is 432 g/mol. The van der Waals surface area contributed by atoms with E-state index in [9.17, 15) is 5.26 Å². The van der Waals surface area contributed by atoms with E-state index in [1.807, 2.05) is 6.20 Å². The molecule has 0 saturated heterocycles. The fraction of sp³-hybridized carbons (Fsp3) is 0.290. The van der Waals surface area contributed by atoms with E-state index in [0.717, 1.165) is 17.4 Å². The molecule has 0 saturated carbocycles. The number of hydrogen-bond donors (Lipinski definition) is 0. The minimum absolute atomic E-state index is 0.244. The van der Waals surface area contributed by atoms with E-state index in [1.165, 1.54) is 59.1 Å². The number of pyridine rings is 1. The fourth-order valence-corrected chi connectivity index (χ4v) is 6.62. The third-order valence-electron chi connectivity index (χ3n) is 6.82. The SMILES string of the molecule is Cc1cc(C)c(C)c(-c2c3sc4ccc5cc(CC(C)(C)C)ccc5c4c3c(C#N)c[n+]2C)c1. The molecule has 3 aromatic carbocycles. The standard InChI is InChI=1S/C31H31N2S/c1-18-12-19(2)20(3)25(13-18)29-30-27(23(16-32)17-33(29)7)28-24-10-8-21(15-31(4,5)6)14-22(24)9-11-26(28)34-30/h8-14,17H,15H2,1-7H3/q+1. The molecule has 3 heteroatoms. The Morgan fingerprint density at radius 2 is 1.74 bits per heavy atom. The van der Waals surface area contributed by atoms with Crippen LogP contribution in [0.3, 0.4) is 0 Å². The highest BCUT2D eigenvalue weighted by Gasteiger charge is 2.25. The van der Waals surface area contributed by atoms with Crippen molar-refractivity contribution < 1.29 is 4.57 Å². The Hall–Kier alpha value is -3.22. The van der Waals surface area contributed by atoms with Crippen molar-refractivity contribution in [1.29, 1.82) is 5.26 Å². The van der Waals surface area contributed by atoms with Gasteiger partial charge in [0.2, 0.25) is 5.69 Å². The van der Waals surface area contributed by atoms with Crippen LogP contribution in [0.1, 0.15) is 48.6 Å². The summed E-state index contributed by atoms with van der Waals surface area (Å²) >= 11 is 1.80. The first-order valence-corrected chi connectivity index (χ1v) is 12.7. The number of nitriles is 1. The summed E-state index contributed by atoms with van der Waals surface area (Å²) in [5, 5.41) is 14.9. The number of aromatic nitrogens is 1. The van der Waals surface area contributed by atoms with Crippen LogP contribution in [-0.4, -0.2) is 0 Å². The molecule has 0 spiro atoms. The van der Waals surface area contributed by atoms with Gasteiger partial charge in [-0.15, -0.1) is 11.3 Å². The van der Waals surface area contributed by atoms with Gasteiger partial charge < -0.3 is 0 Å². The third-order valence-corrected chi connectivity index (χ3v) is 7.98. The molecule has 0 fully saturated rings. The van der Waals surface area contributed by atoms with Crippen LogP contribution in [-0.2, 0) is 13.5 Å². The van der Waals surface area contributed by atoms with Crippen LogP contribution < -0.4 is 4.57 Å². The second-order valence-electron chi connectivity index (χ2n) is 10.9. The predicted octanol–water partition coefficient (Wildman–Crippen LogP) is 8.08. The highest BCUT2D eigenvalue weighted by Crippen LogP contribution is 2.44. The third kappa shape index (κ3) is 3.67. The van der Waals surface area contributed by atoms with E-state index in [0.29, 0.717) is 0 Å². The van der Waals surface area contributed by atoms with Crippen molar-refractivity contribution in [1.82, 2.24) is 0 Å². The van der Waals surface area contributed by atoms with E-state index in [-0.39, 0.29) is 5.41 Å². The van der Waals surface area contributed by atoms with Gasteiger partial charge in [-0.05, 0) is 72.2 Å². The number of benzene rings is 3. The van der Waals surface area contributed by atoms with Crippen molar-refractivity contribution in [2.24, 2.45) is 12.5 Å². The Bertz CT molecular complexity index is 1660. The highest BCUT2D eigenvalue weighted by molar-refractivity contribution is 7.26. The first-order chi connectivity index (χ1) is 16.1. The van der Waals surface area contributed by atoms with Gasteiger partial charge in [0.1, 0.15) is 23.4 Å². The van der Waals surface area contributed by atoms with Crippen LogP contribution >= 0.6 is 11.3 Å². The lowest BCUT2D eigenvalue weighted by Gasteiger charge is -2.18. The minimum atomic E-state index is 0.244. The van der Waals surface area contributed by atoms with Crippen LogP contribution in [0.2, 0.25) is 0 Å². The summed E-state index contributed by atoms with van der Waals surface area (Å²) in [5.41, 5.74) is 8.63. The minimum Gasteiger partial charge on any atom is -0.198 e. The van der Waals surface area contributed by atoms with Crippen LogP contribution in [0.15, 0.2) is 48.7 Å². The molecule has 0 aliphatic heterocycles. The topological polar surface area (TPSA) is 27.7 Å². The Labute approximate surface area is 206 Å². The summed E-state index contributed by atoms with van der Waals surface area (Å²) in [6, 6.07) is 18.4. The maximum Gasteiger partial charge on any atom is 0.230 e. The first kappa shape index (κ1) is 22.6. The molecule has 0 aliphatic carbocycles. The zero-order valence-corrected chi connectivity index (χ0v) is 21.9. The van der Waals surface area contributed by atoms with Crippen molar-refractivity contribution in [3.63, 3.8) is 0 Å². The van der Waals surface area contributed by atoms with E-state index in [2.05, 4.69) is 102 Å². The fourth-order valence-electron chi connectivity index (χ4n) is 5.29. The summed E-state index contributed by atoms with van der Waals surface area (Å²) in [7, 11) is 2.06. The molecular formula is C31H31N2S+. The number of fused-ring (bicyclic) bond motifs is 5. The van der Waals surface area contributed by atoms with Gasteiger partial charge in [0.15, 0.2) is 6.20 Å². The Kier molecular flexibility index (Phi) is 5.26. The van der Waals surface area contributed by atoms with Crippen LogP contribution in [0.5, 0.6) is 0 Å². The molecule has 0 unspecified atom stereocenters. The monoisotopic (exact) mass is 463 g/mol. The molecule has 2 aromatic heterocycles. The molecule has 0 N–H and O–H groups in total. The summed E-state index contributed by atoms with van der Waals surface area (Å²) in [6.45, 7) is 13.4. The largest absolute Gasteiger partial charge is 0.230 e. The van der Waals surface area contributed by atoms with E-state index < -0.39 is 0 Å². The van der Waals surface area contributed by atoms with Crippen molar-refractivity contribution >= 4 is 42.3 Å². The molecule has 0 radical (unpaired) electrons. The summed E-state index contributed by atoms with van der Waals surface area (Å²) < 4.78 is 4.56. The Balaban J connectivity index is 1.89. The van der Waals surface area contributed by atoms with Crippen LogP contribution in [0.25, 0.3) is 42.2 Å². The Morgan fingerprint density at radius 3 is 2.44 bits per heavy atom. The smallest absolute Gasteiger partial charge is 0.198 e. The van der Waals surface area contributed by atoms with Crippen LogP contribution in [0.4, 0.5) is 0 Å². The van der Waals surface area contributed by atoms with Gasteiger partial charge >= 0.3 is 0 Å². The maximum atomic E-state index is 10.1. The average Bonchev–Trinajstić information content (AvgIpc) is 3.14. The summed E-state index contributed by atoms with van der Waals surface area (Å²) in [6.07, 6.45) is 3.05. The second-order valence-corrected chi connectivity index (χ2v) is 12.0. The lowest BCUT2D eigenvalue weighted by Crippen LogP contribution is -2.31. The Morgan fingerprint density at radius 1 is 0.971 bits per heavy atom. The quantitative estimate of drug-likeness (QED) is 0.243. The average molecular weight is 464 g/mol. The van der Waals surface area contributed by atoms with E-state index in [4.69, 9.17) is 0 Å². The number of hydrogen-bond acceptors (Lipinski definition) is 2. The van der Waals surface area contributed by atoms with Gasteiger partial charge in [0, 0.05) is 15.5 Å². The molecule has 0 atom stereocenters. The highest BCUT2D eigenvalue weighted by atomic mass is 32.1. The number of aryl methyl sites for hydroxylation is 3. The molecule has 0 amide bonds. The summed E-state index contributed by atoms with van der Waals surface area (Å²) in [4.78, 5) is 0. The number of rotatable bonds is 2. The lowest BCUT2D eigenvalue weighted by molar-refractivity contribution is -0.659. The molecule has 0 bridgehead atoms. The maximum absolute atomic E-state index is 10.1. The number of thiophene rings is 1. The molecule has 0 aliphatic rings. The van der Waals surface area contributed by atoms with Crippen molar-refractivity contribution in [2.75, 3.05) is 0 Å². The van der Waals surface area contributed by atoms with Crippen LogP contribution in [0, 0.1) is 37.5 Å². The molecule has 170 valence electrons. The van der Waals surface area contributed by atoms with Crippen molar-refractivity contribution in [2.45, 2.75) is 48.0 Å². The molecule has 5 rings (SSSR count).